The van der Waals surface area contributed by atoms with E-state index < -0.39 is 31.0 Å². The van der Waals surface area contributed by atoms with Crippen molar-refractivity contribution in [3.05, 3.63) is 83.9 Å². The topological polar surface area (TPSA) is 153 Å². The van der Waals surface area contributed by atoms with Gasteiger partial charge >= 0.3 is 0 Å². The van der Waals surface area contributed by atoms with Gasteiger partial charge in [0.25, 0.3) is 0 Å². The van der Waals surface area contributed by atoms with Crippen LogP contribution in [0.5, 0.6) is 0 Å². The molecule has 3 saturated heterocycles. The molecule has 5 N–H and O–H groups in total. The van der Waals surface area contributed by atoms with Crippen LogP contribution < -0.4 is 10.6 Å². The Balaban J connectivity index is 0.973. The zero-order valence-corrected chi connectivity index (χ0v) is 28.0. The minimum atomic E-state index is -1.25. The van der Waals surface area contributed by atoms with Gasteiger partial charge in [0, 0.05) is 57.8 Å². The van der Waals surface area contributed by atoms with Gasteiger partial charge in [-0.3, -0.25) is 19.7 Å². The maximum atomic E-state index is 11.2. The number of aliphatic hydroxyl groups is 3. The van der Waals surface area contributed by atoms with Crippen molar-refractivity contribution < 1.29 is 24.8 Å². The van der Waals surface area contributed by atoms with Crippen LogP contribution in [-0.2, 0) is 29.0 Å². The van der Waals surface area contributed by atoms with Crippen LogP contribution in [0.3, 0.4) is 0 Å². The first-order valence-corrected chi connectivity index (χ1v) is 17.5. The number of fused-ring (bicyclic) bond motifs is 1. The Morgan fingerprint density at radius 2 is 1.55 bits per heavy atom. The van der Waals surface area contributed by atoms with E-state index in [0.717, 1.165) is 58.5 Å². The van der Waals surface area contributed by atoms with Crippen LogP contribution in [-0.4, -0.2) is 114 Å². The van der Waals surface area contributed by atoms with Crippen LogP contribution in [0, 0.1) is 0 Å². The third-order valence-corrected chi connectivity index (χ3v) is 9.80. The standard InChI is InChI=1S/C36H48N8O5/c1-2-9-29-41-30-33(39-26-14-16-42(20-26)18-24-10-5-3-6-11-24)37-23-38-34(30)44(29)35-32(46)31(45)28(49-35)22-48-36(47)40-27-15-17-43(21-27)19-25-12-7-4-8-13-25/h3-8,10-13,23,26-28,31-32,35-36,40,45-47H,2,9,14-22H2,1H3,(H,37,38,39)/t26-,27-,28-,31-,32-,35-,36?/m1/s1. The molecule has 0 radical (unpaired) electrons. The summed E-state index contributed by atoms with van der Waals surface area (Å²) in [5.74, 6) is 1.34. The highest BCUT2D eigenvalue weighted by molar-refractivity contribution is 5.83. The van der Waals surface area contributed by atoms with E-state index in [1.165, 1.54) is 17.5 Å². The summed E-state index contributed by atoms with van der Waals surface area (Å²) in [6, 6.07) is 21.1. The normalized spacial score (nSPS) is 26.9. The molecule has 0 spiro atoms. The van der Waals surface area contributed by atoms with Gasteiger partial charge in [0.15, 0.2) is 23.2 Å². The van der Waals surface area contributed by atoms with Crippen molar-refractivity contribution in [1.82, 2.24) is 34.6 Å². The number of nitrogens with one attached hydrogen (secondary N) is 2. The lowest BCUT2D eigenvalue weighted by Crippen LogP contribution is -2.43. The van der Waals surface area contributed by atoms with E-state index in [1.807, 2.05) is 24.3 Å². The van der Waals surface area contributed by atoms with Crippen LogP contribution >= 0.6 is 0 Å². The van der Waals surface area contributed by atoms with Crippen molar-refractivity contribution in [1.29, 1.82) is 0 Å². The fourth-order valence-electron chi connectivity index (χ4n) is 7.33. The number of benzene rings is 2. The molecule has 1 unspecified atom stereocenters. The Morgan fingerprint density at radius 1 is 0.898 bits per heavy atom. The lowest BCUT2D eigenvalue weighted by Gasteiger charge is -2.22. The molecule has 4 aromatic rings. The average molecular weight is 673 g/mol. The van der Waals surface area contributed by atoms with Gasteiger partial charge < -0.3 is 30.1 Å². The van der Waals surface area contributed by atoms with Gasteiger partial charge in [-0.25, -0.2) is 15.0 Å². The lowest BCUT2D eigenvalue weighted by molar-refractivity contribution is -0.160. The molecular formula is C36H48N8O5. The molecule has 0 saturated carbocycles. The van der Waals surface area contributed by atoms with Crippen LogP contribution in [0.2, 0.25) is 0 Å². The second kappa shape index (κ2) is 15.6. The summed E-state index contributed by atoms with van der Waals surface area (Å²) in [7, 11) is 0. The predicted molar refractivity (Wildman–Crippen MR) is 184 cm³/mol. The molecule has 13 heteroatoms. The molecule has 2 aromatic heterocycles. The van der Waals surface area contributed by atoms with Gasteiger partial charge in [0.2, 0.25) is 6.41 Å². The number of imidazole rings is 1. The number of aryl methyl sites for hydroxylation is 1. The second-order valence-corrected chi connectivity index (χ2v) is 13.5. The summed E-state index contributed by atoms with van der Waals surface area (Å²) in [6.45, 7) is 7.29. The highest BCUT2D eigenvalue weighted by Gasteiger charge is 2.45. The van der Waals surface area contributed by atoms with E-state index in [1.54, 1.807) is 4.57 Å². The van der Waals surface area contributed by atoms with Gasteiger partial charge in [-0.1, -0.05) is 67.6 Å². The molecule has 7 rings (SSSR count). The first-order valence-electron chi connectivity index (χ1n) is 17.5. The number of hydrogen-bond acceptors (Lipinski definition) is 12. The van der Waals surface area contributed by atoms with E-state index >= 15 is 0 Å². The fourth-order valence-corrected chi connectivity index (χ4v) is 7.33. The van der Waals surface area contributed by atoms with Crippen molar-refractivity contribution in [3.63, 3.8) is 0 Å². The molecule has 3 aliphatic heterocycles. The number of ether oxygens (including phenoxy) is 2. The molecule has 262 valence electrons. The van der Waals surface area contributed by atoms with Gasteiger partial charge in [-0.2, -0.15) is 0 Å². The SMILES string of the molecule is CCCc1nc2c(N[C@@H]3CCN(Cc4ccccc4)C3)ncnc2n1[C@@H]1O[C@H](COC(O)N[C@@H]2CCN(Cc3ccccc3)C2)[C@@H](O)[C@H]1O. The number of aliphatic hydroxyl groups excluding tert-OH is 3. The summed E-state index contributed by atoms with van der Waals surface area (Å²) in [6.07, 6.45) is -0.713. The minimum absolute atomic E-state index is 0.0686. The molecule has 0 bridgehead atoms. The predicted octanol–water partition coefficient (Wildman–Crippen LogP) is 2.24. The largest absolute Gasteiger partial charge is 0.387 e. The smallest absolute Gasteiger partial charge is 0.213 e. The van der Waals surface area contributed by atoms with Crippen molar-refractivity contribution in [2.75, 3.05) is 38.1 Å². The van der Waals surface area contributed by atoms with Gasteiger partial charge in [0.05, 0.1) is 6.61 Å². The zero-order valence-electron chi connectivity index (χ0n) is 28.0. The maximum Gasteiger partial charge on any atom is 0.213 e. The van der Waals surface area contributed by atoms with Crippen molar-refractivity contribution >= 4 is 17.0 Å². The Kier molecular flexibility index (Phi) is 10.8. The number of rotatable bonds is 14. The number of nitrogens with zero attached hydrogens (tertiary/aromatic N) is 6. The Hall–Kier alpha value is -3.53. The molecule has 49 heavy (non-hydrogen) atoms. The fraction of sp³-hybridized carbons (Fsp3) is 0.528. The summed E-state index contributed by atoms with van der Waals surface area (Å²) in [5, 5.41) is 39.6. The van der Waals surface area contributed by atoms with Crippen LogP contribution in [0.15, 0.2) is 67.0 Å². The third kappa shape index (κ3) is 7.95. The average Bonchev–Trinajstić information content (AvgIpc) is 3.89. The number of aromatic nitrogens is 4. The highest BCUT2D eigenvalue weighted by Crippen LogP contribution is 2.35. The molecule has 7 atom stereocenters. The van der Waals surface area contributed by atoms with E-state index in [9.17, 15) is 15.3 Å². The van der Waals surface area contributed by atoms with E-state index in [4.69, 9.17) is 14.5 Å². The quantitative estimate of drug-likeness (QED) is 0.125. The van der Waals surface area contributed by atoms with E-state index in [0.29, 0.717) is 29.2 Å². The molecule has 5 heterocycles. The van der Waals surface area contributed by atoms with Gasteiger partial charge in [-0.15, -0.1) is 0 Å². The Labute approximate surface area is 286 Å². The molecule has 2 aromatic carbocycles. The van der Waals surface area contributed by atoms with E-state index in [2.05, 4.69) is 73.7 Å². The lowest BCUT2D eigenvalue weighted by atomic mass is 10.1. The third-order valence-electron chi connectivity index (χ3n) is 9.80. The van der Waals surface area contributed by atoms with Gasteiger partial charge in [0.1, 0.15) is 30.5 Å². The molecule has 13 nitrogen and oxygen atoms in total. The van der Waals surface area contributed by atoms with Crippen LogP contribution in [0.4, 0.5) is 5.82 Å². The number of hydrogen-bond donors (Lipinski definition) is 5. The monoisotopic (exact) mass is 672 g/mol. The van der Waals surface area contributed by atoms with Crippen molar-refractivity contribution in [3.8, 4) is 0 Å². The van der Waals surface area contributed by atoms with E-state index in [-0.39, 0.29) is 18.7 Å². The minimum Gasteiger partial charge on any atom is -0.387 e. The summed E-state index contributed by atoms with van der Waals surface area (Å²) < 4.78 is 13.7. The molecular weight excluding hydrogens is 624 g/mol. The Bertz CT molecular complexity index is 1640. The number of anilines is 1. The van der Waals surface area contributed by atoms with Crippen molar-refractivity contribution in [2.24, 2.45) is 0 Å². The number of likely N-dealkylation sites (tertiary alicyclic amines) is 2. The summed E-state index contributed by atoms with van der Waals surface area (Å²) in [5.41, 5.74) is 3.68. The summed E-state index contributed by atoms with van der Waals surface area (Å²) in [4.78, 5) is 18.8. The molecule has 0 amide bonds. The molecule has 3 aliphatic rings. The first kappa shape index (κ1) is 33.9. The summed E-state index contributed by atoms with van der Waals surface area (Å²) >= 11 is 0. The van der Waals surface area contributed by atoms with Crippen LogP contribution in [0.1, 0.15) is 49.4 Å². The highest BCUT2D eigenvalue weighted by atomic mass is 16.6. The van der Waals surface area contributed by atoms with Crippen LogP contribution in [0.25, 0.3) is 11.2 Å². The van der Waals surface area contributed by atoms with Gasteiger partial charge in [-0.05, 0) is 30.4 Å². The molecule has 0 aliphatic carbocycles. The second-order valence-electron chi connectivity index (χ2n) is 13.5. The first-order chi connectivity index (χ1) is 23.9. The molecule has 3 fully saturated rings. The maximum absolute atomic E-state index is 11.2. The Morgan fingerprint density at radius 3 is 2.22 bits per heavy atom. The van der Waals surface area contributed by atoms with Crippen molar-refractivity contribution in [2.45, 2.75) is 88.7 Å². The zero-order chi connectivity index (χ0) is 33.7.